The van der Waals surface area contributed by atoms with Crippen LogP contribution in [0.1, 0.15) is 25.7 Å². The van der Waals surface area contributed by atoms with Crippen molar-refractivity contribution in [3.8, 4) is 0 Å². The Labute approximate surface area is 115 Å². The zero-order valence-electron chi connectivity index (χ0n) is 11.6. The number of carbonyl (C=O) groups is 1. The van der Waals surface area contributed by atoms with E-state index >= 15 is 0 Å². The number of aliphatic carboxylic acids is 1. The van der Waals surface area contributed by atoms with Gasteiger partial charge in [0.25, 0.3) is 0 Å². The van der Waals surface area contributed by atoms with Gasteiger partial charge in [-0.05, 0) is 25.8 Å². The maximum Gasteiger partial charge on any atom is 0.317 e. The third kappa shape index (κ3) is 2.93. The number of nitrogens with zero attached hydrogens (tertiary/aromatic N) is 3. The molecule has 0 aromatic rings. The molecule has 0 aromatic carbocycles. The summed E-state index contributed by atoms with van der Waals surface area (Å²) < 4.78 is 0. The average Bonchev–Trinajstić information content (AvgIpc) is 2.83. The van der Waals surface area contributed by atoms with Gasteiger partial charge in [0, 0.05) is 44.8 Å². The second-order valence-electron chi connectivity index (χ2n) is 6.16. The van der Waals surface area contributed by atoms with E-state index in [1.54, 1.807) is 0 Å². The number of carboxylic acids is 1. The minimum atomic E-state index is -0.701. The molecule has 0 aliphatic carbocycles. The first kappa shape index (κ1) is 13.3. The SMILES string of the molecule is O=C(O)CN1CCN(C2CCN3CCCCC23)CC1. The second kappa shape index (κ2) is 5.77. The molecule has 3 fully saturated rings. The van der Waals surface area contributed by atoms with Gasteiger partial charge in [0.15, 0.2) is 0 Å². The highest BCUT2D eigenvalue weighted by molar-refractivity contribution is 5.69. The van der Waals surface area contributed by atoms with Crippen LogP contribution in [0.25, 0.3) is 0 Å². The summed E-state index contributed by atoms with van der Waals surface area (Å²) in [5.74, 6) is -0.701. The Morgan fingerprint density at radius 1 is 0.895 bits per heavy atom. The predicted octanol–water partition coefficient (Wildman–Crippen LogP) is 0.315. The van der Waals surface area contributed by atoms with Gasteiger partial charge in [-0.15, -0.1) is 0 Å². The molecule has 0 spiro atoms. The zero-order valence-corrected chi connectivity index (χ0v) is 11.6. The molecule has 3 rings (SSSR count). The highest BCUT2D eigenvalue weighted by Gasteiger charge is 2.39. The highest BCUT2D eigenvalue weighted by atomic mass is 16.4. The smallest absolute Gasteiger partial charge is 0.317 e. The lowest BCUT2D eigenvalue weighted by molar-refractivity contribution is -0.138. The molecule has 19 heavy (non-hydrogen) atoms. The van der Waals surface area contributed by atoms with Gasteiger partial charge < -0.3 is 5.11 Å². The monoisotopic (exact) mass is 267 g/mol. The molecule has 2 atom stereocenters. The fraction of sp³-hybridized carbons (Fsp3) is 0.929. The summed E-state index contributed by atoms with van der Waals surface area (Å²) in [6.45, 7) is 6.68. The number of piperazine rings is 1. The topological polar surface area (TPSA) is 47.0 Å². The van der Waals surface area contributed by atoms with Crippen molar-refractivity contribution in [3.63, 3.8) is 0 Å². The molecule has 3 aliphatic rings. The second-order valence-corrected chi connectivity index (χ2v) is 6.16. The molecule has 0 saturated carbocycles. The van der Waals surface area contributed by atoms with Crippen molar-refractivity contribution in [2.75, 3.05) is 45.8 Å². The Hall–Kier alpha value is -0.650. The van der Waals surface area contributed by atoms with Gasteiger partial charge in [0.05, 0.1) is 6.54 Å². The van der Waals surface area contributed by atoms with E-state index in [0.29, 0.717) is 0 Å². The van der Waals surface area contributed by atoms with Gasteiger partial charge >= 0.3 is 5.97 Å². The molecule has 108 valence electrons. The summed E-state index contributed by atoms with van der Waals surface area (Å²) >= 11 is 0. The minimum absolute atomic E-state index is 0.202. The maximum atomic E-state index is 10.7. The average molecular weight is 267 g/mol. The van der Waals surface area contributed by atoms with Gasteiger partial charge in [0.2, 0.25) is 0 Å². The molecule has 1 N–H and O–H groups in total. The lowest BCUT2D eigenvalue weighted by Gasteiger charge is -2.41. The third-order valence-electron chi connectivity index (χ3n) is 5.06. The molecule has 3 saturated heterocycles. The van der Waals surface area contributed by atoms with Crippen LogP contribution in [0.2, 0.25) is 0 Å². The molecular formula is C14H25N3O2. The number of fused-ring (bicyclic) bond motifs is 1. The number of rotatable bonds is 3. The summed E-state index contributed by atoms with van der Waals surface area (Å²) in [4.78, 5) is 18.1. The Balaban J connectivity index is 1.52. The van der Waals surface area contributed by atoms with Gasteiger partial charge in [-0.1, -0.05) is 6.42 Å². The summed E-state index contributed by atoms with van der Waals surface area (Å²) in [6.07, 6.45) is 5.43. The molecule has 0 bridgehead atoms. The van der Waals surface area contributed by atoms with Crippen molar-refractivity contribution in [1.82, 2.24) is 14.7 Å². The Morgan fingerprint density at radius 2 is 1.58 bits per heavy atom. The minimum Gasteiger partial charge on any atom is -0.480 e. The molecular weight excluding hydrogens is 242 g/mol. The van der Waals surface area contributed by atoms with Crippen molar-refractivity contribution in [3.05, 3.63) is 0 Å². The van der Waals surface area contributed by atoms with Crippen LogP contribution < -0.4 is 0 Å². The summed E-state index contributed by atoms with van der Waals surface area (Å²) in [5.41, 5.74) is 0. The molecule has 0 aromatic heterocycles. The van der Waals surface area contributed by atoms with Crippen molar-refractivity contribution < 1.29 is 9.90 Å². The lowest BCUT2D eigenvalue weighted by atomic mass is 9.97. The molecule has 0 amide bonds. The van der Waals surface area contributed by atoms with Crippen molar-refractivity contribution >= 4 is 5.97 Å². The lowest BCUT2D eigenvalue weighted by Crippen LogP contribution is -2.55. The standard InChI is InChI=1S/C14H25N3O2/c18-14(19)11-15-7-9-17(10-8-15)13-4-6-16-5-2-1-3-12(13)16/h12-13H,1-11H2,(H,18,19). The van der Waals surface area contributed by atoms with E-state index in [-0.39, 0.29) is 6.54 Å². The van der Waals surface area contributed by atoms with Crippen LogP contribution in [0.5, 0.6) is 0 Å². The first-order valence-corrected chi connectivity index (χ1v) is 7.66. The Bertz CT molecular complexity index is 329. The molecule has 5 heteroatoms. The largest absolute Gasteiger partial charge is 0.480 e. The van der Waals surface area contributed by atoms with Crippen LogP contribution in [0.4, 0.5) is 0 Å². The van der Waals surface area contributed by atoms with Crippen LogP contribution in [-0.2, 0) is 4.79 Å². The number of carboxylic acid groups (broad SMARTS) is 1. The quantitative estimate of drug-likeness (QED) is 0.798. The maximum absolute atomic E-state index is 10.7. The number of hydrogen-bond donors (Lipinski definition) is 1. The first-order valence-electron chi connectivity index (χ1n) is 7.66. The summed E-state index contributed by atoms with van der Waals surface area (Å²) in [5, 5.41) is 8.84. The van der Waals surface area contributed by atoms with Crippen LogP contribution in [-0.4, -0.2) is 83.7 Å². The van der Waals surface area contributed by atoms with E-state index in [1.807, 2.05) is 0 Å². The molecule has 3 heterocycles. The van der Waals surface area contributed by atoms with Crippen LogP contribution >= 0.6 is 0 Å². The van der Waals surface area contributed by atoms with Crippen molar-refractivity contribution in [1.29, 1.82) is 0 Å². The molecule has 2 unspecified atom stereocenters. The van der Waals surface area contributed by atoms with E-state index in [4.69, 9.17) is 5.11 Å². The molecule has 3 aliphatic heterocycles. The van der Waals surface area contributed by atoms with Crippen LogP contribution in [0, 0.1) is 0 Å². The summed E-state index contributed by atoms with van der Waals surface area (Å²) in [7, 11) is 0. The normalized spacial score (nSPS) is 34.3. The zero-order chi connectivity index (χ0) is 13.2. The van der Waals surface area contributed by atoms with E-state index < -0.39 is 5.97 Å². The van der Waals surface area contributed by atoms with Crippen LogP contribution in [0.15, 0.2) is 0 Å². The Morgan fingerprint density at radius 3 is 2.32 bits per heavy atom. The van der Waals surface area contributed by atoms with Gasteiger partial charge in [-0.2, -0.15) is 0 Å². The van der Waals surface area contributed by atoms with Gasteiger partial charge in [-0.25, -0.2) is 0 Å². The van der Waals surface area contributed by atoms with Gasteiger partial charge in [-0.3, -0.25) is 19.5 Å². The predicted molar refractivity (Wildman–Crippen MR) is 73.3 cm³/mol. The van der Waals surface area contributed by atoms with Crippen LogP contribution in [0.3, 0.4) is 0 Å². The molecule has 5 nitrogen and oxygen atoms in total. The van der Waals surface area contributed by atoms with E-state index in [9.17, 15) is 4.79 Å². The van der Waals surface area contributed by atoms with Gasteiger partial charge in [0.1, 0.15) is 0 Å². The van der Waals surface area contributed by atoms with Crippen molar-refractivity contribution in [2.45, 2.75) is 37.8 Å². The third-order valence-corrected chi connectivity index (χ3v) is 5.06. The number of piperidine rings is 1. The number of hydrogen-bond acceptors (Lipinski definition) is 4. The van der Waals surface area contributed by atoms with E-state index in [1.165, 1.54) is 38.8 Å². The van der Waals surface area contributed by atoms with Crippen molar-refractivity contribution in [2.24, 2.45) is 0 Å². The fourth-order valence-corrected chi connectivity index (χ4v) is 4.09. The fourth-order valence-electron chi connectivity index (χ4n) is 4.09. The highest BCUT2D eigenvalue weighted by Crippen LogP contribution is 2.30. The van der Waals surface area contributed by atoms with E-state index in [2.05, 4.69) is 14.7 Å². The Kier molecular flexibility index (Phi) is 4.05. The van der Waals surface area contributed by atoms with E-state index in [0.717, 1.165) is 38.3 Å². The molecule has 0 radical (unpaired) electrons. The summed E-state index contributed by atoms with van der Waals surface area (Å²) in [6, 6.07) is 1.51. The first-order chi connectivity index (χ1) is 9.24.